The summed E-state index contributed by atoms with van der Waals surface area (Å²) < 4.78 is 48.3. The van der Waals surface area contributed by atoms with Crippen molar-refractivity contribution < 1.29 is 26.7 Å². The molecule has 0 amide bonds. The third-order valence-corrected chi connectivity index (χ3v) is 5.92. The van der Waals surface area contributed by atoms with Crippen LogP contribution in [0.1, 0.15) is 16.8 Å². The fourth-order valence-electron chi connectivity index (χ4n) is 1.47. The molecule has 0 aliphatic heterocycles. The second-order valence-corrected chi connectivity index (χ2v) is 9.18. The van der Waals surface area contributed by atoms with Crippen LogP contribution in [0.5, 0.6) is 0 Å². The van der Waals surface area contributed by atoms with Gasteiger partial charge in [0, 0.05) is 17.3 Å². The fourth-order valence-corrected chi connectivity index (χ4v) is 4.29. The van der Waals surface area contributed by atoms with Crippen LogP contribution in [0.2, 0.25) is 0 Å². The summed E-state index contributed by atoms with van der Waals surface area (Å²) in [5.74, 6) is -1.28. The lowest BCUT2D eigenvalue weighted by atomic mass is 10.2. The number of carboxylic acids is 1. The van der Waals surface area contributed by atoms with Crippen LogP contribution in [0.25, 0.3) is 0 Å². The van der Waals surface area contributed by atoms with Crippen molar-refractivity contribution in [3.05, 3.63) is 28.2 Å². The minimum atomic E-state index is -3.84. The molecule has 10 heteroatoms. The first-order chi connectivity index (χ1) is 9.53. The standard InChI is InChI=1S/C11H14BrNO6S2/c1-20(16,17)6-2-5-13-21(18,19)10-4-3-8(11(14)15)7-9(10)12/h3-4,7,13H,2,5-6H2,1H3,(H,14,15). The molecule has 2 N–H and O–H groups in total. The fraction of sp³-hybridized carbons (Fsp3) is 0.364. The molecular formula is C11H14BrNO6S2. The number of sulfone groups is 1. The Labute approximate surface area is 131 Å². The summed E-state index contributed by atoms with van der Waals surface area (Å²) in [5, 5.41) is 8.81. The SMILES string of the molecule is CS(=O)(=O)CCCNS(=O)(=O)c1ccc(C(=O)O)cc1Br. The molecule has 0 atom stereocenters. The Balaban J connectivity index is 2.81. The number of hydrogen-bond acceptors (Lipinski definition) is 5. The number of aromatic carboxylic acids is 1. The van der Waals surface area contributed by atoms with Crippen LogP contribution in [-0.2, 0) is 19.9 Å². The first-order valence-corrected chi connectivity index (χ1v) is 10.1. The van der Waals surface area contributed by atoms with E-state index in [1.54, 1.807) is 0 Å². The van der Waals surface area contributed by atoms with Gasteiger partial charge in [-0.25, -0.2) is 26.4 Å². The highest BCUT2D eigenvalue weighted by Gasteiger charge is 2.18. The van der Waals surface area contributed by atoms with Crippen molar-refractivity contribution in [2.45, 2.75) is 11.3 Å². The Morgan fingerprint density at radius 1 is 1.29 bits per heavy atom. The van der Waals surface area contributed by atoms with Gasteiger partial charge in [0.1, 0.15) is 9.84 Å². The number of halogens is 1. The van der Waals surface area contributed by atoms with E-state index >= 15 is 0 Å². The molecule has 21 heavy (non-hydrogen) atoms. The average Bonchev–Trinajstić information content (AvgIpc) is 2.33. The van der Waals surface area contributed by atoms with Gasteiger partial charge in [-0.05, 0) is 40.5 Å². The van der Waals surface area contributed by atoms with Crippen LogP contribution in [0, 0.1) is 0 Å². The van der Waals surface area contributed by atoms with E-state index in [0.29, 0.717) is 0 Å². The number of rotatable bonds is 7. The topological polar surface area (TPSA) is 118 Å². The number of nitrogens with one attached hydrogen (secondary N) is 1. The largest absolute Gasteiger partial charge is 0.478 e. The highest BCUT2D eigenvalue weighted by Crippen LogP contribution is 2.23. The lowest BCUT2D eigenvalue weighted by Gasteiger charge is -2.09. The van der Waals surface area contributed by atoms with Crippen LogP contribution in [-0.4, -0.2) is 46.5 Å². The Kier molecular flexibility index (Phi) is 5.91. The summed E-state index contributed by atoms with van der Waals surface area (Å²) in [4.78, 5) is 10.7. The minimum absolute atomic E-state index is 0.0253. The summed E-state index contributed by atoms with van der Waals surface area (Å²) in [7, 11) is -6.97. The van der Waals surface area contributed by atoms with Crippen LogP contribution < -0.4 is 4.72 Å². The van der Waals surface area contributed by atoms with E-state index in [4.69, 9.17) is 5.11 Å². The van der Waals surface area contributed by atoms with Crippen LogP contribution in [0.4, 0.5) is 0 Å². The van der Waals surface area contributed by atoms with Crippen molar-refractivity contribution >= 4 is 41.8 Å². The van der Waals surface area contributed by atoms with Gasteiger partial charge in [0.15, 0.2) is 0 Å². The zero-order valence-electron chi connectivity index (χ0n) is 11.0. The van der Waals surface area contributed by atoms with Crippen molar-refractivity contribution in [3.63, 3.8) is 0 Å². The maximum Gasteiger partial charge on any atom is 0.335 e. The maximum absolute atomic E-state index is 12.0. The molecule has 0 radical (unpaired) electrons. The van der Waals surface area contributed by atoms with E-state index < -0.39 is 25.8 Å². The summed E-state index contributed by atoms with van der Waals surface area (Å²) >= 11 is 3.01. The lowest BCUT2D eigenvalue weighted by Crippen LogP contribution is -2.26. The Bertz CT molecular complexity index is 742. The van der Waals surface area contributed by atoms with E-state index in [-0.39, 0.29) is 33.7 Å². The molecule has 1 aromatic rings. The summed E-state index contributed by atoms with van der Waals surface area (Å²) in [6, 6.07) is 3.54. The van der Waals surface area contributed by atoms with Crippen molar-refractivity contribution in [2.75, 3.05) is 18.6 Å². The van der Waals surface area contributed by atoms with Crippen molar-refractivity contribution in [1.29, 1.82) is 0 Å². The number of carboxylic acid groups (broad SMARTS) is 1. The second kappa shape index (κ2) is 6.86. The van der Waals surface area contributed by atoms with Crippen LogP contribution in [0.3, 0.4) is 0 Å². The maximum atomic E-state index is 12.0. The van der Waals surface area contributed by atoms with Crippen LogP contribution >= 0.6 is 15.9 Å². The highest BCUT2D eigenvalue weighted by atomic mass is 79.9. The van der Waals surface area contributed by atoms with Gasteiger partial charge in [-0.1, -0.05) is 0 Å². The predicted molar refractivity (Wildman–Crippen MR) is 80.6 cm³/mol. The molecule has 0 spiro atoms. The van der Waals surface area contributed by atoms with E-state index in [2.05, 4.69) is 20.7 Å². The number of carbonyl (C=O) groups is 1. The van der Waals surface area contributed by atoms with Gasteiger partial charge in [-0.15, -0.1) is 0 Å². The molecule has 0 aliphatic carbocycles. The van der Waals surface area contributed by atoms with Gasteiger partial charge in [-0.2, -0.15) is 0 Å². The minimum Gasteiger partial charge on any atom is -0.478 e. The third kappa shape index (κ3) is 5.73. The molecule has 7 nitrogen and oxygen atoms in total. The smallest absolute Gasteiger partial charge is 0.335 e. The summed E-state index contributed by atoms with van der Waals surface area (Å²) in [6.45, 7) is -0.0253. The highest BCUT2D eigenvalue weighted by molar-refractivity contribution is 9.10. The molecule has 0 saturated carbocycles. The van der Waals surface area contributed by atoms with Crippen molar-refractivity contribution in [3.8, 4) is 0 Å². The van der Waals surface area contributed by atoms with Crippen molar-refractivity contribution in [1.82, 2.24) is 4.72 Å². The molecule has 0 saturated heterocycles. The number of benzene rings is 1. The molecule has 0 heterocycles. The Morgan fingerprint density at radius 2 is 1.90 bits per heavy atom. The molecule has 1 rings (SSSR count). The van der Waals surface area contributed by atoms with Gasteiger partial charge in [0.25, 0.3) is 0 Å². The number of hydrogen-bond donors (Lipinski definition) is 2. The van der Waals surface area contributed by atoms with Gasteiger partial charge < -0.3 is 5.11 Å². The zero-order valence-corrected chi connectivity index (χ0v) is 14.3. The molecule has 0 bridgehead atoms. The van der Waals surface area contributed by atoms with E-state index in [1.165, 1.54) is 18.2 Å². The number of sulfonamides is 1. The molecule has 118 valence electrons. The normalized spacial score (nSPS) is 12.3. The second-order valence-electron chi connectivity index (χ2n) is 4.33. The average molecular weight is 400 g/mol. The Hall–Kier alpha value is -0.970. The van der Waals surface area contributed by atoms with E-state index in [9.17, 15) is 21.6 Å². The monoisotopic (exact) mass is 399 g/mol. The first-order valence-electron chi connectivity index (χ1n) is 5.73. The zero-order chi connectivity index (χ0) is 16.3. The molecule has 0 aliphatic rings. The first kappa shape index (κ1) is 18.1. The summed E-state index contributed by atoms with van der Waals surface area (Å²) in [5.41, 5.74) is -0.0436. The third-order valence-electron chi connectivity index (χ3n) is 2.45. The predicted octanol–water partition coefficient (Wildman–Crippen LogP) is 0.860. The van der Waals surface area contributed by atoms with Gasteiger partial charge in [0.05, 0.1) is 16.2 Å². The molecular weight excluding hydrogens is 386 g/mol. The Morgan fingerprint density at radius 3 is 2.38 bits per heavy atom. The van der Waals surface area contributed by atoms with Gasteiger partial charge in [0.2, 0.25) is 10.0 Å². The summed E-state index contributed by atoms with van der Waals surface area (Å²) in [6.07, 6.45) is 1.23. The van der Waals surface area contributed by atoms with E-state index in [1.807, 2.05) is 0 Å². The van der Waals surface area contributed by atoms with Gasteiger partial charge in [-0.3, -0.25) is 0 Å². The van der Waals surface area contributed by atoms with E-state index in [0.717, 1.165) is 6.26 Å². The molecule has 0 aromatic heterocycles. The van der Waals surface area contributed by atoms with Crippen molar-refractivity contribution in [2.24, 2.45) is 0 Å². The quantitative estimate of drug-likeness (QED) is 0.656. The molecule has 0 unspecified atom stereocenters. The van der Waals surface area contributed by atoms with Gasteiger partial charge >= 0.3 is 5.97 Å². The molecule has 1 aromatic carbocycles. The molecule has 0 fully saturated rings. The lowest BCUT2D eigenvalue weighted by molar-refractivity contribution is 0.0696. The van der Waals surface area contributed by atoms with Crippen LogP contribution in [0.15, 0.2) is 27.6 Å².